The van der Waals surface area contributed by atoms with Crippen LogP contribution in [0.5, 0.6) is 5.75 Å². The first-order chi connectivity index (χ1) is 17.0. The van der Waals surface area contributed by atoms with Crippen LogP contribution in [0.25, 0.3) is 0 Å². The fourth-order valence-corrected chi connectivity index (χ4v) is 4.53. The van der Waals surface area contributed by atoms with Crippen molar-refractivity contribution in [1.29, 1.82) is 0 Å². The fraction of sp³-hybridized carbons (Fsp3) is 0.286. The lowest BCUT2D eigenvalue weighted by Crippen LogP contribution is -2.38. The van der Waals surface area contributed by atoms with Crippen LogP contribution in [0.4, 0.5) is 5.69 Å². The number of anilines is 1. The Balaban J connectivity index is 1.38. The second-order valence-corrected chi connectivity index (χ2v) is 8.88. The van der Waals surface area contributed by atoms with Crippen molar-refractivity contribution in [2.24, 2.45) is 0 Å². The van der Waals surface area contributed by atoms with E-state index in [1.807, 2.05) is 11.9 Å². The van der Waals surface area contributed by atoms with Crippen LogP contribution in [0.2, 0.25) is 0 Å². The van der Waals surface area contributed by atoms with Crippen molar-refractivity contribution in [3.05, 3.63) is 94.5 Å². The van der Waals surface area contributed by atoms with Crippen molar-refractivity contribution in [1.82, 2.24) is 10.2 Å². The van der Waals surface area contributed by atoms with Crippen molar-refractivity contribution in [2.45, 2.75) is 31.9 Å². The van der Waals surface area contributed by atoms with Gasteiger partial charge < -0.3 is 25.7 Å². The van der Waals surface area contributed by atoms with Crippen LogP contribution in [-0.2, 0) is 13.2 Å². The first-order valence-corrected chi connectivity index (χ1v) is 11.9. The van der Waals surface area contributed by atoms with Crippen molar-refractivity contribution in [3.8, 4) is 5.75 Å². The summed E-state index contributed by atoms with van der Waals surface area (Å²) in [5, 5.41) is 25.0. The van der Waals surface area contributed by atoms with Gasteiger partial charge >= 0.3 is 0 Å². The zero-order valence-corrected chi connectivity index (χ0v) is 19.8. The van der Waals surface area contributed by atoms with E-state index in [-0.39, 0.29) is 23.8 Å². The molecule has 1 heterocycles. The summed E-state index contributed by atoms with van der Waals surface area (Å²) in [6, 6.07) is 19.9. The van der Waals surface area contributed by atoms with Crippen molar-refractivity contribution in [3.63, 3.8) is 0 Å². The number of hydrogen-bond acceptors (Lipinski definition) is 5. The maximum absolute atomic E-state index is 13.2. The number of carbonyl (C=O) groups is 2. The lowest BCUT2D eigenvalue weighted by molar-refractivity contribution is 0.0712. The Bertz CT molecular complexity index is 1200. The molecular formula is C28H31N3O4. The van der Waals surface area contributed by atoms with Gasteiger partial charge in [0.1, 0.15) is 5.75 Å². The summed E-state index contributed by atoms with van der Waals surface area (Å²) < 4.78 is 0. The molecule has 1 aliphatic rings. The van der Waals surface area contributed by atoms with Crippen LogP contribution in [0.3, 0.4) is 0 Å². The van der Waals surface area contributed by atoms with Gasteiger partial charge in [0, 0.05) is 42.0 Å². The maximum atomic E-state index is 13.2. The number of hydrogen-bond donors (Lipinski definition) is 4. The molecule has 7 heteroatoms. The number of carbonyl (C=O) groups excluding carboxylic acids is 2. The van der Waals surface area contributed by atoms with Crippen LogP contribution < -0.4 is 10.6 Å². The molecule has 35 heavy (non-hydrogen) atoms. The molecule has 1 fully saturated rings. The summed E-state index contributed by atoms with van der Waals surface area (Å²) in [6.45, 7) is 1.91. The number of phenols is 1. The lowest BCUT2D eigenvalue weighted by Gasteiger charge is -2.32. The van der Waals surface area contributed by atoms with Gasteiger partial charge in [0.2, 0.25) is 0 Å². The number of nitrogens with zero attached hydrogens (tertiary/aromatic N) is 1. The minimum Gasteiger partial charge on any atom is -0.508 e. The van der Waals surface area contributed by atoms with Gasteiger partial charge in [-0.05, 0) is 67.3 Å². The van der Waals surface area contributed by atoms with Crippen molar-refractivity contribution < 1.29 is 19.8 Å². The highest BCUT2D eigenvalue weighted by molar-refractivity contribution is 6.05. The number of amides is 2. The maximum Gasteiger partial charge on any atom is 0.255 e. The zero-order chi connectivity index (χ0) is 24.8. The predicted molar refractivity (Wildman–Crippen MR) is 136 cm³/mol. The number of aliphatic hydroxyl groups excluding tert-OH is 1. The summed E-state index contributed by atoms with van der Waals surface area (Å²) in [5.41, 5.74) is 4.23. The van der Waals surface area contributed by atoms with E-state index < -0.39 is 5.91 Å². The van der Waals surface area contributed by atoms with Crippen LogP contribution in [0, 0.1) is 0 Å². The van der Waals surface area contributed by atoms with Crippen LogP contribution in [-0.4, -0.2) is 47.1 Å². The third-order valence-corrected chi connectivity index (χ3v) is 6.47. The van der Waals surface area contributed by atoms with Crippen molar-refractivity contribution >= 4 is 17.5 Å². The van der Waals surface area contributed by atoms with E-state index in [0.29, 0.717) is 35.8 Å². The summed E-state index contributed by atoms with van der Waals surface area (Å²) >= 11 is 0. The number of rotatable bonds is 7. The molecule has 1 saturated heterocycles. The van der Waals surface area contributed by atoms with Gasteiger partial charge in [0.05, 0.1) is 6.61 Å². The van der Waals surface area contributed by atoms with E-state index in [9.17, 15) is 19.8 Å². The predicted octanol–water partition coefficient (Wildman–Crippen LogP) is 3.88. The van der Waals surface area contributed by atoms with Gasteiger partial charge in [-0.25, -0.2) is 0 Å². The number of benzene rings is 3. The highest BCUT2D eigenvalue weighted by Crippen LogP contribution is 2.29. The third-order valence-electron chi connectivity index (χ3n) is 6.47. The number of aliphatic hydroxyl groups is 1. The smallest absolute Gasteiger partial charge is 0.255 e. The Morgan fingerprint density at radius 2 is 1.74 bits per heavy atom. The second kappa shape index (κ2) is 11.2. The third kappa shape index (κ3) is 5.88. The minimum absolute atomic E-state index is 0.0478. The normalized spacial score (nSPS) is 14.1. The van der Waals surface area contributed by atoms with Gasteiger partial charge in [-0.2, -0.15) is 0 Å². The molecule has 0 unspecified atom stereocenters. The Hall–Kier alpha value is -3.68. The molecule has 7 nitrogen and oxygen atoms in total. The average Bonchev–Trinajstić information content (AvgIpc) is 2.89. The molecule has 182 valence electrons. The summed E-state index contributed by atoms with van der Waals surface area (Å²) in [6.07, 6.45) is 1.83. The molecule has 4 N–H and O–H groups in total. The van der Waals surface area contributed by atoms with Gasteiger partial charge in [-0.1, -0.05) is 36.4 Å². The number of likely N-dealkylation sites (tertiary alicyclic amines) is 1. The lowest BCUT2D eigenvalue weighted by atomic mass is 9.88. The van der Waals surface area contributed by atoms with Crippen LogP contribution in [0.15, 0.2) is 66.7 Å². The minimum atomic E-state index is -0.407. The molecule has 0 spiro atoms. The zero-order valence-electron chi connectivity index (χ0n) is 19.8. The standard InChI is InChI=1S/C28H31N3O4/c1-29-17-19-4-2-5-21(14-19)20-10-12-31(13-11-20)28(35)23-6-3-7-25(15-23)30-27(34)22-8-9-24(18-32)26(33)16-22/h2-9,14-16,20,29,32-33H,10-13,17-18H2,1H3,(H,30,34). The summed E-state index contributed by atoms with van der Waals surface area (Å²) in [4.78, 5) is 27.6. The van der Waals surface area contributed by atoms with E-state index in [1.165, 1.54) is 29.3 Å². The highest BCUT2D eigenvalue weighted by Gasteiger charge is 2.25. The molecule has 0 aromatic heterocycles. The van der Waals surface area contributed by atoms with E-state index in [0.717, 1.165) is 19.4 Å². The van der Waals surface area contributed by atoms with Gasteiger partial charge in [0.25, 0.3) is 11.8 Å². The first kappa shape index (κ1) is 24.4. The van der Waals surface area contributed by atoms with E-state index in [2.05, 4.69) is 34.9 Å². The molecule has 0 saturated carbocycles. The SMILES string of the molecule is CNCc1cccc(C2CCN(C(=O)c3cccc(NC(=O)c4ccc(CO)c(O)c4)c3)CC2)c1. The fourth-order valence-electron chi connectivity index (χ4n) is 4.53. The molecule has 0 radical (unpaired) electrons. The average molecular weight is 474 g/mol. The van der Waals surface area contributed by atoms with Gasteiger partial charge in [-0.15, -0.1) is 0 Å². The number of nitrogens with one attached hydrogen (secondary N) is 2. The Labute approximate surface area is 205 Å². The highest BCUT2D eigenvalue weighted by atomic mass is 16.3. The van der Waals surface area contributed by atoms with E-state index in [4.69, 9.17) is 0 Å². The van der Waals surface area contributed by atoms with Crippen molar-refractivity contribution in [2.75, 3.05) is 25.5 Å². The van der Waals surface area contributed by atoms with Gasteiger partial charge in [-0.3, -0.25) is 9.59 Å². The Morgan fingerprint density at radius 3 is 2.46 bits per heavy atom. The summed E-state index contributed by atoms with van der Waals surface area (Å²) in [7, 11) is 1.94. The topological polar surface area (TPSA) is 102 Å². The summed E-state index contributed by atoms with van der Waals surface area (Å²) in [5.74, 6) is -0.152. The number of aromatic hydroxyl groups is 1. The first-order valence-electron chi connectivity index (χ1n) is 11.9. The largest absolute Gasteiger partial charge is 0.508 e. The van der Waals surface area contributed by atoms with Crippen LogP contribution in [0.1, 0.15) is 56.2 Å². The molecule has 4 rings (SSSR count). The molecule has 2 amide bonds. The molecule has 1 aliphatic heterocycles. The Kier molecular flexibility index (Phi) is 7.80. The van der Waals surface area contributed by atoms with E-state index in [1.54, 1.807) is 24.3 Å². The molecule has 3 aromatic rings. The molecule has 0 aliphatic carbocycles. The Morgan fingerprint density at radius 1 is 0.971 bits per heavy atom. The number of piperidine rings is 1. The molecule has 0 bridgehead atoms. The molecular weight excluding hydrogens is 442 g/mol. The van der Waals surface area contributed by atoms with Gasteiger partial charge in [0.15, 0.2) is 0 Å². The molecule has 3 aromatic carbocycles. The monoisotopic (exact) mass is 473 g/mol. The quantitative estimate of drug-likeness (QED) is 0.417. The second-order valence-electron chi connectivity index (χ2n) is 8.88. The van der Waals surface area contributed by atoms with Crippen LogP contribution >= 0.6 is 0 Å². The molecule has 0 atom stereocenters. The van der Waals surface area contributed by atoms with E-state index >= 15 is 0 Å².